The van der Waals surface area contributed by atoms with Crippen LogP contribution < -0.4 is 0 Å². The monoisotopic (exact) mass is 284 g/mol. The average Bonchev–Trinajstić information content (AvgIpc) is 2.48. The number of hydrogen-bond donors (Lipinski definition) is 4. The fourth-order valence-electron chi connectivity index (χ4n) is 2.18. The fraction of sp³-hybridized carbons (Fsp3) is 0.571. The minimum absolute atomic E-state index is 0.363. The first-order chi connectivity index (χ1) is 9.54. The molecule has 2 rings (SSSR count). The summed E-state index contributed by atoms with van der Waals surface area (Å²) in [4.78, 5) is 0. The Morgan fingerprint density at radius 3 is 2.35 bits per heavy atom. The molecule has 6 atom stereocenters. The lowest BCUT2D eigenvalue weighted by Gasteiger charge is -2.40. The first-order valence-corrected chi connectivity index (χ1v) is 6.55. The van der Waals surface area contributed by atoms with Crippen molar-refractivity contribution < 1.29 is 29.9 Å². The Hall–Kier alpha value is -1.02. The highest BCUT2D eigenvalue weighted by molar-refractivity contribution is 5.16. The summed E-state index contributed by atoms with van der Waals surface area (Å²) in [5, 5.41) is 38.3. The summed E-state index contributed by atoms with van der Waals surface area (Å²) in [6, 6.07) is 9.35. The molecule has 0 aliphatic carbocycles. The molecule has 0 aromatic heterocycles. The van der Waals surface area contributed by atoms with Crippen LogP contribution >= 0.6 is 0 Å². The zero-order valence-electron chi connectivity index (χ0n) is 11.2. The van der Waals surface area contributed by atoms with Crippen molar-refractivity contribution in [2.24, 2.45) is 0 Å². The van der Waals surface area contributed by atoms with Crippen LogP contribution in [0.2, 0.25) is 0 Å². The highest BCUT2D eigenvalue weighted by Gasteiger charge is 2.44. The highest BCUT2D eigenvalue weighted by atomic mass is 16.7. The van der Waals surface area contributed by atoms with Crippen LogP contribution in [0.3, 0.4) is 0 Å². The molecular weight excluding hydrogens is 264 g/mol. The highest BCUT2D eigenvalue weighted by Crippen LogP contribution is 2.26. The summed E-state index contributed by atoms with van der Waals surface area (Å²) >= 11 is 0. The Morgan fingerprint density at radius 2 is 1.75 bits per heavy atom. The van der Waals surface area contributed by atoms with E-state index in [1.165, 1.54) is 0 Å². The number of rotatable bonds is 4. The van der Waals surface area contributed by atoms with Gasteiger partial charge in [0.1, 0.15) is 24.4 Å². The maximum atomic E-state index is 9.88. The van der Waals surface area contributed by atoms with Crippen LogP contribution in [0, 0.1) is 0 Å². The van der Waals surface area contributed by atoms with Crippen molar-refractivity contribution in [3.05, 3.63) is 35.9 Å². The molecule has 1 heterocycles. The van der Waals surface area contributed by atoms with E-state index in [4.69, 9.17) is 14.6 Å². The Kier molecular flexibility index (Phi) is 5.09. The second-order valence-corrected chi connectivity index (χ2v) is 4.89. The smallest absolute Gasteiger partial charge is 0.187 e. The molecule has 20 heavy (non-hydrogen) atoms. The molecular formula is C14H20O6. The third kappa shape index (κ3) is 3.17. The van der Waals surface area contributed by atoms with Crippen molar-refractivity contribution in [2.45, 2.75) is 43.7 Å². The van der Waals surface area contributed by atoms with Gasteiger partial charge >= 0.3 is 0 Å². The Balaban J connectivity index is 2.04. The van der Waals surface area contributed by atoms with Gasteiger partial charge in [0.2, 0.25) is 0 Å². The Morgan fingerprint density at radius 1 is 1.10 bits per heavy atom. The van der Waals surface area contributed by atoms with Crippen molar-refractivity contribution in [2.75, 3.05) is 6.61 Å². The summed E-state index contributed by atoms with van der Waals surface area (Å²) < 4.78 is 10.9. The van der Waals surface area contributed by atoms with Gasteiger partial charge in [0.15, 0.2) is 6.29 Å². The number of aliphatic hydroxyl groups is 4. The minimum atomic E-state index is -1.42. The lowest BCUT2D eigenvalue weighted by atomic mass is 9.99. The van der Waals surface area contributed by atoms with Crippen molar-refractivity contribution >= 4 is 0 Å². The largest absolute Gasteiger partial charge is 0.394 e. The van der Waals surface area contributed by atoms with E-state index in [0.717, 1.165) is 5.56 Å². The van der Waals surface area contributed by atoms with Gasteiger partial charge in [-0.25, -0.2) is 0 Å². The van der Waals surface area contributed by atoms with Crippen LogP contribution in [0.15, 0.2) is 30.3 Å². The molecule has 1 saturated heterocycles. The molecule has 112 valence electrons. The lowest BCUT2D eigenvalue weighted by Crippen LogP contribution is -2.59. The molecule has 4 N–H and O–H groups in total. The molecule has 0 amide bonds. The zero-order chi connectivity index (χ0) is 14.7. The zero-order valence-corrected chi connectivity index (χ0v) is 11.2. The molecule has 6 unspecified atom stereocenters. The molecule has 0 radical (unpaired) electrons. The summed E-state index contributed by atoms with van der Waals surface area (Å²) in [6.07, 6.45) is -6.60. The molecule has 1 aliphatic heterocycles. The van der Waals surface area contributed by atoms with Crippen LogP contribution in [-0.2, 0) is 9.47 Å². The molecule has 0 saturated carbocycles. The van der Waals surface area contributed by atoms with E-state index in [2.05, 4.69) is 0 Å². The normalized spacial score (nSPS) is 35.8. The SMILES string of the molecule is CC(OC1OC(CO)C(O)C(O)C1O)c1ccccc1. The maximum Gasteiger partial charge on any atom is 0.187 e. The summed E-state index contributed by atoms with van der Waals surface area (Å²) in [5.41, 5.74) is 0.893. The topological polar surface area (TPSA) is 99.4 Å². The number of benzene rings is 1. The van der Waals surface area contributed by atoms with E-state index < -0.39 is 37.3 Å². The Labute approximate surface area is 117 Å². The lowest BCUT2D eigenvalue weighted by molar-refractivity contribution is -0.311. The third-order valence-electron chi connectivity index (χ3n) is 3.46. The molecule has 0 spiro atoms. The van der Waals surface area contributed by atoms with Crippen LogP contribution in [-0.4, -0.2) is 57.7 Å². The molecule has 1 aromatic carbocycles. The first kappa shape index (κ1) is 15.4. The van der Waals surface area contributed by atoms with E-state index in [1.54, 1.807) is 6.92 Å². The fourth-order valence-corrected chi connectivity index (χ4v) is 2.18. The molecule has 6 nitrogen and oxygen atoms in total. The van der Waals surface area contributed by atoms with Crippen molar-refractivity contribution in [1.29, 1.82) is 0 Å². The van der Waals surface area contributed by atoms with Gasteiger partial charge in [-0.1, -0.05) is 30.3 Å². The maximum absolute atomic E-state index is 9.88. The van der Waals surface area contributed by atoms with E-state index in [0.29, 0.717) is 0 Å². The van der Waals surface area contributed by atoms with Crippen LogP contribution in [0.5, 0.6) is 0 Å². The van der Waals surface area contributed by atoms with Gasteiger partial charge in [0.05, 0.1) is 12.7 Å². The molecule has 1 aromatic rings. The van der Waals surface area contributed by atoms with Gasteiger partial charge in [0.25, 0.3) is 0 Å². The van der Waals surface area contributed by atoms with Crippen molar-refractivity contribution in [3.63, 3.8) is 0 Å². The van der Waals surface area contributed by atoms with Crippen LogP contribution in [0.1, 0.15) is 18.6 Å². The summed E-state index contributed by atoms with van der Waals surface area (Å²) in [5.74, 6) is 0. The summed E-state index contributed by atoms with van der Waals surface area (Å²) in [6.45, 7) is 1.32. The Bertz CT molecular complexity index is 409. The molecule has 1 fully saturated rings. The molecule has 0 bridgehead atoms. The van der Waals surface area contributed by atoms with E-state index in [-0.39, 0.29) is 6.10 Å². The quantitative estimate of drug-likeness (QED) is 0.598. The van der Waals surface area contributed by atoms with E-state index in [9.17, 15) is 15.3 Å². The van der Waals surface area contributed by atoms with Gasteiger partial charge < -0.3 is 29.9 Å². The number of aliphatic hydroxyl groups excluding tert-OH is 4. The van der Waals surface area contributed by atoms with Crippen LogP contribution in [0.25, 0.3) is 0 Å². The standard InChI is InChI=1S/C14H20O6/c1-8(9-5-3-2-4-6-9)19-14-13(18)12(17)11(16)10(7-15)20-14/h2-6,8,10-18H,7H2,1H3. The van der Waals surface area contributed by atoms with Crippen molar-refractivity contribution in [3.8, 4) is 0 Å². The van der Waals surface area contributed by atoms with Crippen LogP contribution in [0.4, 0.5) is 0 Å². The second-order valence-electron chi connectivity index (χ2n) is 4.89. The van der Waals surface area contributed by atoms with Gasteiger partial charge in [-0.05, 0) is 12.5 Å². The second kappa shape index (κ2) is 6.62. The van der Waals surface area contributed by atoms with Gasteiger partial charge in [-0.3, -0.25) is 0 Å². The van der Waals surface area contributed by atoms with E-state index >= 15 is 0 Å². The van der Waals surface area contributed by atoms with Gasteiger partial charge in [-0.15, -0.1) is 0 Å². The average molecular weight is 284 g/mol. The predicted octanol–water partition coefficient (Wildman–Crippen LogP) is -0.436. The van der Waals surface area contributed by atoms with Crippen molar-refractivity contribution in [1.82, 2.24) is 0 Å². The van der Waals surface area contributed by atoms with Gasteiger partial charge in [0, 0.05) is 0 Å². The summed E-state index contributed by atoms with van der Waals surface area (Å²) in [7, 11) is 0. The molecule has 1 aliphatic rings. The predicted molar refractivity (Wildman–Crippen MR) is 69.7 cm³/mol. The first-order valence-electron chi connectivity index (χ1n) is 6.55. The minimum Gasteiger partial charge on any atom is -0.394 e. The molecule has 6 heteroatoms. The van der Waals surface area contributed by atoms with Gasteiger partial charge in [-0.2, -0.15) is 0 Å². The number of hydrogen-bond acceptors (Lipinski definition) is 6. The van der Waals surface area contributed by atoms with E-state index in [1.807, 2.05) is 30.3 Å². The number of ether oxygens (including phenoxy) is 2. The third-order valence-corrected chi connectivity index (χ3v) is 3.46.